The number of rotatable bonds is 8. The van der Waals surface area contributed by atoms with Crippen LogP contribution < -0.4 is 0 Å². The van der Waals surface area contributed by atoms with E-state index in [1.54, 1.807) is 11.8 Å². The fourth-order valence-corrected chi connectivity index (χ4v) is 2.33. The Balaban J connectivity index is 2.28. The van der Waals surface area contributed by atoms with E-state index in [2.05, 4.69) is 0 Å². The molecule has 5 heteroatoms. The lowest BCUT2D eigenvalue weighted by molar-refractivity contribution is -0.149. The molecule has 0 saturated heterocycles. The van der Waals surface area contributed by atoms with E-state index in [4.69, 9.17) is 9.47 Å². The van der Waals surface area contributed by atoms with Crippen molar-refractivity contribution in [1.29, 1.82) is 0 Å². The molecule has 0 spiro atoms. The molecule has 19 heavy (non-hydrogen) atoms. The first kappa shape index (κ1) is 16.0. The SMILES string of the molecule is CCOC(=O)CN(CC)C(=O)CC1CC(OCC)C1. The average Bonchev–Trinajstić information content (AvgIpc) is 2.33. The molecule has 1 saturated carbocycles. The monoisotopic (exact) mass is 271 g/mol. The quantitative estimate of drug-likeness (QED) is 0.629. The Morgan fingerprint density at radius 3 is 2.37 bits per heavy atom. The van der Waals surface area contributed by atoms with E-state index in [9.17, 15) is 9.59 Å². The van der Waals surface area contributed by atoms with Crippen LogP contribution in [0.1, 0.15) is 40.0 Å². The third-order valence-corrected chi connectivity index (χ3v) is 3.42. The summed E-state index contributed by atoms with van der Waals surface area (Å²) in [6.07, 6.45) is 2.74. The van der Waals surface area contributed by atoms with Gasteiger partial charge in [-0.3, -0.25) is 9.59 Å². The average molecular weight is 271 g/mol. The lowest BCUT2D eigenvalue weighted by Gasteiger charge is -2.35. The number of likely N-dealkylation sites (N-methyl/N-ethyl adjacent to an activating group) is 1. The predicted molar refractivity (Wildman–Crippen MR) is 71.6 cm³/mol. The smallest absolute Gasteiger partial charge is 0.325 e. The zero-order valence-electron chi connectivity index (χ0n) is 12.2. The second-order valence-corrected chi connectivity index (χ2v) is 4.83. The fourth-order valence-electron chi connectivity index (χ4n) is 2.33. The second kappa shape index (κ2) is 8.15. The Labute approximate surface area is 115 Å². The molecular formula is C14H25NO4. The van der Waals surface area contributed by atoms with Crippen LogP contribution in [-0.4, -0.2) is 49.2 Å². The van der Waals surface area contributed by atoms with Crippen LogP contribution in [0.4, 0.5) is 0 Å². The maximum atomic E-state index is 12.1. The zero-order valence-corrected chi connectivity index (χ0v) is 12.2. The first-order valence-corrected chi connectivity index (χ1v) is 7.15. The minimum absolute atomic E-state index is 0.0375. The molecule has 0 aromatic rings. The highest BCUT2D eigenvalue weighted by atomic mass is 16.5. The van der Waals surface area contributed by atoms with Gasteiger partial charge in [-0.05, 0) is 39.5 Å². The molecule has 1 fully saturated rings. The van der Waals surface area contributed by atoms with Gasteiger partial charge in [-0.2, -0.15) is 0 Å². The second-order valence-electron chi connectivity index (χ2n) is 4.83. The largest absolute Gasteiger partial charge is 0.465 e. The number of esters is 1. The third kappa shape index (κ3) is 5.19. The summed E-state index contributed by atoms with van der Waals surface area (Å²) in [6.45, 7) is 7.30. The van der Waals surface area contributed by atoms with E-state index in [0.717, 1.165) is 19.4 Å². The van der Waals surface area contributed by atoms with Gasteiger partial charge < -0.3 is 14.4 Å². The Kier molecular flexibility index (Phi) is 6.84. The highest BCUT2D eigenvalue weighted by Crippen LogP contribution is 2.33. The van der Waals surface area contributed by atoms with Gasteiger partial charge in [0.2, 0.25) is 5.91 Å². The molecule has 0 atom stereocenters. The first-order chi connectivity index (χ1) is 9.10. The molecule has 1 amide bonds. The lowest BCUT2D eigenvalue weighted by Crippen LogP contribution is -2.40. The van der Waals surface area contributed by atoms with Gasteiger partial charge in [0.1, 0.15) is 6.54 Å². The molecule has 0 N–H and O–H groups in total. The summed E-state index contributed by atoms with van der Waals surface area (Å²) in [4.78, 5) is 25.0. The van der Waals surface area contributed by atoms with E-state index in [-0.39, 0.29) is 18.4 Å². The number of amides is 1. The number of nitrogens with zero attached hydrogens (tertiary/aromatic N) is 1. The van der Waals surface area contributed by atoms with Crippen molar-refractivity contribution < 1.29 is 19.1 Å². The van der Waals surface area contributed by atoms with Gasteiger partial charge in [-0.15, -0.1) is 0 Å². The van der Waals surface area contributed by atoms with Crippen LogP contribution in [0.25, 0.3) is 0 Å². The highest BCUT2D eigenvalue weighted by Gasteiger charge is 2.32. The van der Waals surface area contributed by atoms with Crippen molar-refractivity contribution >= 4 is 11.9 Å². The summed E-state index contributed by atoms with van der Waals surface area (Å²) in [5.74, 6) is 0.106. The van der Waals surface area contributed by atoms with Crippen LogP contribution in [0.2, 0.25) is 0 Å². The first-order valence-electron chi connectivity index (χ1n) is 7.15. The topological polar surface area (TPSA) is 55.8 Å². The third-order valence-electron chi connectivity index (χ3n) is 3.42. The van der Waals surface area contributed by atoms with Gasteiger partial charge in [0, 0.05) is 19.6 Å². The Bertz CT molecular complexity index is 300. The standard InChI is InChI=1S/C14H25NO4/c1-4-15(10-14(17)19-6-3)13(16)9-11-7-12(8-11)18-5-2/h11-12H,4-10H2,1-3H3. The van der Waals surface area contributed by atoms with Gasteiger partial charge in [-0.25, -0.2) is 0 Å². The van der Waals surface area contributed by atoms with E-state index in [1.807, 2.05) is 13.8 Å². The van der Waals surface area contributed by atoms with E-state index in [1.165, 1.54) is 0 Å². The number of carbonyl (C=O) groups excluding carboxylic acids is 2. The van der Waals surface area contributed by atoms with E-state index >= 15 is 0 Å². The van der Waals surface area contributed by atoms with E-state index < -0.39 is 0 Å². The molecule has 0 bridgehead atoms. The summed E-state index contributed by atoms with van der Waals surface area (Å²) in [5, 5.41) is 0. The summed E-state index contributed by atoms with van der Waals surface area (Å²) >= 11 is 0. The van der Waals surface area contributed by atoms with Crippen LogP contribution in [0.3, 0.4) is 0 Å². The molecule has 1 rings (SSSR count). The van der Waals surface area contributed by atoms with Crippen molar-refractivity contribution in [2.24, 2.45) is 5.92 Å². The summed E-state index contributed by atoms with van der Waals surface area (Å²) in [6, 6.07) is 0. The molecule has 0 aromatic carbocycles. The zero-order chi connectivity index (χ0) is 14.3. The van der Waals surface area contributed by atoms with Crippen molar-refractivity contribution in [1.82, 2.24) is 4.90 Å². The molecule has 0 aromatic heterocycles. The molecule has 5 nitrogen and oxygen atoms in total. The van der Waals surface area contributed by atoms with Crippen molar-refractivity contribution in [3.63, 3.8) is 0 Å². The van der Waals surface area contributed by atoms with Crippen LogP contribution in [-0.2, 0) is 19.1 Å². The van der Waals surface area contributed by atoms with Crippen LogP contribution >= 0.6 is 0 Å². The van der Waals surface area contributed by atoms with Gasteiger partial charge in [0.05, 0.1) is 12.7 Å². The number of carbonyl (C=O) groups is 2. The molecule has 0 radical (unpaired) electrons. The van der Waals surface area contributed by atoms with Gasteiger partial charge in [-0.1, -0.05) is 0 Å². The van der Waals surface area contributed by atoms with Crippen LogP contribution in [0.15, 0.2) is 0 Å². The highest BCUT2D eigenvalue weighted by molar-refractivity contribution is 5.82. The minimum atomic E-state index is -0.335. The van der Waals surface area contributed by atoms with Crippen LogP contribution in [0, 0.1) is 5.92 Å². The number of hydrogen-bond acceptors (Lipinski definition) is 4. The van der Waals surface area contributed by atoms with Crippen molar-refractivity contribution in [2.75, 3.05) is 26.3 Å². The molecule has 0 unspecified atom stereocenters. The number of ether oxygens (including phenoxy) is 2. The maximum absolute atomic E-state index is 12.1. The minimum Gasteiger partial charge on any atom is -0.465 e. The molecule has 110 valence electrons. The lowest BCUT2D eigenvalue weighted by atomic mass is 9.79. The molecular weight excluding hydrogens is 246 g/mol. The number of hydrogen-bond donors (Lipinski definition) is 0. The summed E-state index contributed by atoms with van der Waals surface area (Å²) in [7, 11) is 0. The van der Waals surface area contributed by atoms with Gasteiger partial charge in [0.25, 0.3) is 0 Å². The fraction of sp³-hybridized carbons (Fsp3) is 0.857. The Hall–Kier alpha value is -1.10. The van der Waals surface area contributed by atoms with Crippen LogP contribution in [0.5, 0.6) is 0 Å². The normalized spacial score (nSPS) is 21.6. The molecule has 1 aliphatic rings. The van der Waals surface area contributed by atoms with E-state index in [0.29, 0.717) is 31.6 Å². The Morgan fingerprint density at radius 1 is 1.16 bits per heavy atom. The molecule has 1 aliphatic carbocycles. The molecule has 0 heterocycles. The molecule has 0 aliphatic heterocycles. The van der Waals surface area contributed by atoms with Gasteiger partial charge >= 0.3 is 5.97 Å². The van der Waals surface area contributed by atoms with Gasteiger partial charge in [0.15, 0.2) is 0 Å². The van der Waals surface area contributed by atoms with Crippen molar-refractivity contribution in [2.45, 2.75) is 46.1 Å². The Morgan fingerprint density at radius 2 is 1.84 bits per heavy atom. The van der Waals surface area contributed by atoms with Crippen molar-refractivity contribution in [3.05, 3.63) is 0 Å². The summed E-state index contributed by atoms with van der Waals surface area (Å²) in [5.41, 5.74) is 0. The maximum Gasteiger partial charge on any atom is 0.325 e. The predicted octanol–water partition coefficient (Wildman–Crippen LogP) is 1.60. The summed E-state index contributed by atoms with van der Waals surface area (Å²) < 4.78 is 10.3. The van der Waals surface area contributed by atoms with Crippen molar-refractivity contribution in [3.8, 4) is 0 Å².